The molecule has 1 aromatic heterocycles. The molecule has 0 spiro atoms. The molecule has 0 atom stereocenters. The lowest BCUT2D eigenvalue weighted by molar-refractivity contribution is 0.355. The molecule has 110 valence electrons. The second-order valence-electron chi connectivity index (χ2n) is 4.88. The third-order valence-electron chi connectivity index (χ3n) is 3.52. The molecule has 2 aromatic rings. The molecule has 0 aliphatic heterocycles. The topological polar surface area (TPSA) is 62.3 Å². The molecule has 2 rings (SSSR count). The van der Waals surface area contributed by atoms with Crippen LogP contribution in [0.15, 0.2) is 12.1 Å². The predicted molar refractivity (Wildman–Crippen MR) is 81.4 cm³/mol. The normalized spacial score (nSPS) is 10.9. The van der Waals surface area contributed by atoms with Crippen LogP contribution < -0.4 is 15.2 Å². The van der Waals surface area contributed by atoms with E-state index in [1.807, 2.05) is 16.7 Å². The second-order valence-corrected chi connectivity index (χ2v) is 4.88. The van der Waals surface area contributed by atoms with Gasteiger partial charge in [0.1, 0.15) is 0 Å². The first-order valence-corrected chi connectivity index (χ1v) is 7.09. The lowest BCUT2D eigenvalue weighted by Crippen LogP contribution is -2.03. The van der Waals surface area contributed by atoms with Gasteiger partial charge in [0.15, 0.2) is 11.5 Å². The second kappa shape index (κ2) is 6.50. The van der Waals surface area contributed by atoms with Crippen LogP contribution in [0, 0.1) is 0 Å². The van der Waals surface area contributed by atoms with Crippen molar-refractivity contribution in [1.29, 1.82) is 0 Å². The summed E-state index contributed by atoms with van der Waals surface area (Å²) in [6, 6.07) is 3.81. The summed E-state index contributed by atoms with van der Waals surface area (Å²) in [6.07, 6.45) is 4.80. The van der Waals surface area contributed by atoms with Gasteiger partial charge in [-0.3, -0.25) is 0 Å². The average molecular weight is 277 g/mol. The zero-order valence-corrected chi connectivity index (χ0v) is 12.5. The van der Waals surface area contributed by atoms with Crippen molar-refractivity contribution in [1.82, 2.24) is 9.55 Å². The Morgan fingerprint density at radius 1 is 1.10 bits per heavy atom. The average Bonchev–Trinajstić information content (AvgIpc) is 2.77. The summed E-state index contributed by atoms with van der Waals surface area (Å²) in [5.74, 6) is 1.93. The maximum atomic E-state index is 6.02. The third kappa shape index (κ3) is 2.81. The van der Waals surface area contributed by atoms with Gasteiger partial charge in [-0.15, -0.1) is 0 Å². The highest BCUT2D eigenvalue weighted by molar-refractivity contribution is 5.82. The Labute approximate surface area is 119 Å². The van der Waals surface area contributed by atoms with Gasteiger partial charge in [0, 0.05) is 18.7 Å². The van der Waals surface area contributed by atoms with E-state index in [-0.39, 0.29) is 0 Å². The molecule has 0 amide bonds. The van der Waals surface area contributed by atoms with Crippen LogP contribution in [0.25, 0.3) is 11.0 Å². The van der Waals surface area contributed by atoms with Crippen molar-refractivity contribution in [2.75, 3.05) is 20.0 Å². The summed E-state index contributed by atoms with van der Waals surface area (Å²) in [4.78, 5) is 4.40. The Morgan fingerprint density at radius 2 is 1.80 bits per heavy atom. The molecule has 0 bridgehead atoms. The van der Waals surface area contributed by atoms with Crippen molar-refractivity contribution < 1.29 is 9.47 Å². The van der Waals surface area contributed by atoms with Gasteiger partial charge >= 0.3 is 0 Å². The molecular weight excluding hydrogens is 254 g/mol. The van der Waals surface area contributed by atoms with Gasteiger partial charge in [-0.1, -0.05) is 26.2 Å². The highest BCUT2D eigenvalue weighted by Gasteiger charge is 2.13. The fourth-order valence-electron chi connectivity index (χ4n) is 2.40. The number of anilines is 1. The Kier molecular flexibility index (Phi) is 4.71. The Balaban J connectivity index is 2.31. The van der Waals surface area contributed by atoms with E-state index in [1.54, 1.807) is 14.2 Å². The summed E-state index contributed by atoms with van der Waals surface area (Å²) in [6.45, 7) is 3.09. The number of rotatable bonds is 7. The van der Waals surface area contributed by atoms with Crippen molar-refractivity contribution in [3.8, 4) is 11.5 Å². The molecule has 5 heteroatoms. The summed E-state index contributed by atoms with van der Waals surface area (Å²) >= 11 is 0. The first-order valence-electron chi connectivity index (χ1n) is 7.09. The van der Waals surface area contributed by atoms with Gasteiger partial charge in [0.05, 0.1) is 25.3 Å². The van der Waals surface area contributed by atoms with Crippen molar-refractivity contribution >= 4 is 17.0 Å². The van der Waals surface area contributed by atoms with Crippen LogP contribution in [-0.2, 0) is 6.54 Å². The molecule has 5 nitrogen and oxygen atoms in total. The number of hydrogen-bond acceptors (Lipinski definition) is 4. The van der Waals surface area contributed by atoms with Gasteiger partial charge in [-0.05, 0) is 6.42 Å². The van der Waals surface area contributed by atoms with Crippen molar-refractivity contribution in [2.45, 2.75) is 39.2 Å². The Morgan fingerprint density at radius 3 is 2.45 bits per heavy atom. The van der Waals surface area contributed by atoms with Gasteiger partial charge in [0.2, 0.25) is 5.95 Å². The van der Waals surface area contributed by atoms with Crippen LogP contribution in [0.4, 0.5) is 5.95 Å². The zero-order chi connectivity index (χ0) is 14.5. The number of imidazole rings is 1. The van der Waals surface area contributed by atoms with Crippen LogP contribution >= 0.6 is 0 Å². The predicted octanol–water partition coefficient (Wildman–Crippen LogP) is 3.22. The number of aryl methyl sites for hydroxylation is 1. The molecule has 1 aromatic carbocycles. The minimum Gasteiger partial charge on any atom is -0.493 e. The number of nitrogens with two attached hydrogens (primary N) is 1. The number of benzene rings is 1. The summed E-state index contributed by atoms with van der Waals surface area (Å²) < 4.78 is 12.7. The number of ether oxygens (including phenoxy) is 2. The van der Waals surface area contributed by atoms with Crippen LogP contribution in [0.2, 0.25) is 0 Å². The minimum atomic E-state index is 0.548. The number of hydrogen-bond donors (Lipinski definition) is 1. The summed E-state index contributed by atoms with van der Waals surface area (Å²) in [7, 11) is 3.25. The van der Waals surface area contributed by atoms with Crippen LogP contribution in [0.5, 0.6) is 11.5 Å². The van der Waals surface area contributed by atoms with Crippen molar-refractivity contribution in [3.63, 3.8) is 0 Å². The van der Waals surface area contributed by atoms with Gasteiger partial charge in [-0.2, -0.15) is 0 Å². The fourth-order valence-corrected chi connectivity index (χ4v) is 2.40. The number of aromatic nitrogens is 2. The van der Waals surface area contributed by atoms with Crippen LogP contribution in [0.3, 0.4) is 0 Å². The number of fused-ring (bicyclic) bond motifs is 1. The van der Waals surface area contributed by atoms with Gasteiger partial charge in [0.25, 0.3) is 0 Å². The summed E-state index contributed by atoms with van der Waals surface area (Å²) in [5.41, 5.74) is 7.86. The molecule has 0 saturated heterocycles. The van der Waals surface area contributed by atoms with Gasteiger partial charge < -0.3 is 19.8 Å². The molecule has 0 aliphatic rings. The van der Waals surface area contributed by atoms with E-state index in [0.29, 0.717) is 17.4 Å². The first kappa shape index (κ1) is 14.5. The number of unbranched alkanes of at least 4 members (excludes halogenated alkanes) is 3. The Hall–Kier alpha value is -1.91. The quantitative estimate of drug-likeness (QED) is 0.789. The molecule has 0 radical (unpaired) electrons. The largest absolute Gasteiger partial charge is 0.493 e. The Bertz CT molecular complexity index is 578. The summed E-state index contributed by atoms with van der Waals surface area (Å²) in [5, 5.41) is 0. The molecule has 0 fully saturated rings. The van der Waals surface area contributed by atoms with Crippen LogP contribution in [-0.4, -0.2) is 23.8 Å². The van der Waals surface area contributed by atoms with Crippen molar-refractivity contribution in [3.05, 3.63) is 12.1 Å². The van der Waals surface area contributed by atoms with E-state index in [4.69, 9.17) is 15.2 Å². The maximum Gasteiger partial charge on any atom is 0.201 e. The SMILES string of the molecule is CCCCCCn1c(N)nc2cc(OC)c(OC)cc21. The highest BCUT2D eigenvalue weighted by atomic mass is 16.5. The molecule has 0 unspecified atom stereocenters. The van der Waals surface area contributed by atoms with E-state index in [0.717, 1.165) is 24.0 Å². The van der Waals surface area contributed by atoms with E-state index >= 15 is 0 Å². The number of nitrogens with zero attached hydrogens (tertiary/aromatic N) is 2. The first-order chi connectivity index (χ1) is 9.71. The van der Waals surface area contributed by atoms with Crippen molar-refractivity contribution in [2.24, 2.45) is 0 Å². The molecule has 1 heterocycles. The van der Waals surface area contributed by atoms with E-state index in [9.17, 15) is 0 Å². The molecule has 0 aliphatic carbocycles. The standard InChI is InChI=1S/C15H23N3O2/c1-4-5-6-7-8-18-12-10-14(20-3)13(19-2)9-11(12)17-15(18)16/h9-10H,4-8H2,1-3H3,(H2,16,17). The smallest absolute Gasteiger partial charge is 0.201 e. The lowest BCUT2D eigenvalue weighted by atomic mass is 10.2. The highest BCUT2D eigenvalue weighted by Crippen LogP contribution is 2.33. The molecule has 20 heavy (non-hydrogen) atoms. The lowest BCUT2D eigenvalue weighted by Gasteiger charge is -2.09. The molecular formula is C15H23N3O2. The van der Waals surface area contributed by atoms with E-state index < -0.39 is 0 Å². The monoisotopic (exact) mass is 277 g/mol. The minimum absolute atomic E-state index is 0.548. The number of methoxy groups -OCH3 is 2. The van der Waals surface area contributed by atoms with Gasteiger partial charge in [-0.25, -0.2) is 4.98 Å². The molecule has 2 N–H and O–H groups in total. The van der Waals surface area contributed by atoms with E-state index in [2.05, 4.69) is 11.9 Å². The fraction of sp³-hybridized carbons (Fsp3) is 0.533. The van der Waals surface area contributed by atoms with Crippen LogP contribution in [0.1, 0.15) is 32.6 Å². The third-order valence-corrected chi connectivity index (χ3v) is 3.52. The molecule has 0 saturated carbocycles. The van der Waals surface area contributed by atoms with E-state index in [1.165, 1.54) is 19.3 Å². The number of nitrogen functional groups attached to an aromatic ring is 1. The zero-order valence-electron chi connectivity index (χ0n) is 12.5. The maximum absolute atomic E-state index is 6.02.